The molecule has 0 aliphatic rings. The molecular formula is C11H12N4O. The van der Waals surface area contributed by atoms with Crippen LogP contribution in [-0.2, 0) is 6.42 Å². The molecule has 2 aromatic heterocycles. The minimum Gasteiger partial charge on any atom is -0.337 e. The maximum absolute atomic E-state index is 11.5. The molecule has 0 aliphatic carbocycles. The lowest BCUT2D eigenvalue weighted by Gasteiger charge is -2.04. The Balaban J connectivity index is 1.79. The SMILES string of the molecule is O=C(NCCc1ccccn1)n1ccnc1. The van der Waals surface area contributed by atoms with E-state index in [0.717, 1.165) is 12.1 Å². The van der Waals surface area contributed by atoms with Gasteiger partial charge in [0, 0.05) is 37.3 Å². The quantitative estimate of drug-likeness (QED) is 0.835. The van der Waals surface area contributed by atoms with E-state index in [1.807, 2.05) is 18.2 Å². The monoisotopic (exact) mass is 216 g/mol. The molecule has 16 heavy (non-hydrogen) atoms. The third kappa shape index (κ3) is 2.66. The summed E-state index contributed by atoms with van der Waals surface area (Å²) in [5, 5.41) is 2.78. The molecule has 5 nitrogen and oxygen atoms in total. The largest absolute Gasteiger partial charge is 0.337 e. The Labute approximate surface area is 93.2 Å². The van der Waals surface area contributed by atoms with E-state index in [4.69, 9.17) is 0 Å². The Kier molecular flexibility index (Phi) is 3.28. The Morgan fingerprint density at radius 1 is 1.38 bits per heavy atom. The summed E-state index contributed by atoms with van der Waals surface area (Å²) < 4.78 is 1.40. The Morgan fingerprint density at radius 2 is 2.31 bits per heavy atom. The molecule has 0 saturated carbocycles. The van der Waals surface area contributed by atoms with Crippen molar-refractivity contribution in [2.45, 2.75) is 6.42 Å². The second kappa shape index (κ2) is 5.06. The molecule has 2 aromatic rings. The first kappa shape index (κ1) is 10.4. The molecule has 0 aliphatic heterocycles. The van der Waals surface area contributed by atoms with Crippen LogP contribution in [0.15, 0.2) is 43.1 Å². The van der Waals surface area contributed by atoms with Crippen molar-refractivity contribution in [2.75, 3.05) is 6.54 Å². The van der Waals surface area contributed by atoms with Crippen LogP contribution in [-0.4, -0.2) is 27.1 Å². The predicted octanol–water partition coefficient (Wildman–Crippen LogP) is 1.08. The molecule has 5 heteroatoms. The number of carbonyl (C=O) groups is 1. The number of amides is 1. The summed E-state index contributed by atoms with van der Waals surface area (Å²) in [6, 6.07) is 5.56. The first-order valence-electron chi connectivity index (χ1n) is 5.02. The molecular weight excluding hydrogens is 204 g/mol. The van der Waals surface area contributed by atoms with Crippen molar-refractivity contribution in [3.63, 3.8) is 0 Å². The van der Waals surface area contributed by atoms with Crippen LogP contribution in [0.3, 0.4) is 0 Å². The number of nitrogens with one attached hydrogen (secondary N) is 1. The van der Waals surface area contributed by atoms with Crippen LogP contribution >= 0.6 is 0 Å². The topological polar surface area (TPSA) is 59.8 Å². The molecule has 0 bridgehead atoms. The number of hydrogen-bond acceptors (Lipinski definition) is 3. The van der Waals surface area contributed by atoms with Crippen molar-refractivity contribution < 1.29 is 4.79 Å². The zero-order valence-electron chi connectivity index (χ0n) is 8.71. The summed E-state index contributed by atoms with van der Waals surface area (Å²) in [6.07, 6.45) is 7.11. The normalized spacial score (nSPS) is 10.0. The zero-order chi connectivity index (χ0) is 11.2. The molecule has 82 valence electrons. The third-order valence-electron chi connectivity index (χ3n) is 2.12. The highest BCUT2D eigenvalue weighted by molar-refractivity contribution is 5.76. The highest BCUT2D eigenvalue weighted by Gasteiger charge is 2.01. The van der Waals surface area contributed by atoms with Crippen LogP contribution in [0.1, 0.15) is 5.69 Å². The number of pyridine rings is 1. The van der Waals surface area contributed by atoms with Gasteiger partial charge in [-0.2, -0.15) is 0 Å². The van der Waals surface area contributed by atoms with Gasteiger partial charge in [0.05, 0.1) is 0 Å². The van der Waals surface area contributed by atoms with Crippen molar-refractivity contribution in [3.05, 3.63) is 48.8 Å². The summed E-state index contributed by atoms with van der Waals surface area (Å²) in [6.45, 7) is 0.564. The van der Waals surface area contributed by atoms with Crippen LogP contribution in [0.25, 0.3) is 0 Å². The summed E-state index contributed by atoms with van der Waals surface area (Å²) in [4.78, 5) is 19.5. The molecule has 1 N–H and O–H groups in total. The van der Waals surface area contributed by atoms with Gasteiger partial charge in [-0.3, -0.25) is 9.55 Å². The first-order valence-corrected chi connectivity index (χ1v) is 5.02. The summed E-state index contributed by atoms with van der Waals surface area (Å²) >= 11 is 0. The van der Waals surface area contributed by atoms with Crippen LogP contribution in [0.5, 0.6) is 0 Å². The fraction of sp³-hybridized carbons (Fsp3) is 0.182. The van der Waals surface area contributed by atoms with Gasteiger partial charge in [0.2, 0.25) is 0 Å². The number of rotatable bonds is 3. The van der Waals surface area contributed by atoms with E-state index in [1.165, 1.54) is 10.9 Å². The number of nitrogens with zero attached hydrogens (tertiary/aromatic N) is 3. The fourth-order valence-electron chi connectivity index (χ4n) is 1.31. The minimum absolute atomic E-state index is 0.173. The van der Waals surface area contributed by atoms with E-state index in [2.05, 4.69) is 15.3 Å². The van der Waals surface area contributed by atoms with Gasteiger partial charge < -0.3 is 5.32 Å². The van der Waals surface area contributed by atoms with Gasteiger partial charge in [-0.05, 0) is 12.1 Å². The average molecular weight is 216 g/mol. The smallest absolute Gasteiger partial charge is 0.326 e. The van der Waals surface area contributed by atoms with E-state index in [0.29, 0.717) is 6.54 Å². The molecule has 0 spiro atoms. The Morgan fingerprint density at radius 3 is 3.00 bits per heavy atom. The van der Waals surface area contributed by atoms with E-state index < -0.39 is 0 Å². The molecule has 0 radical (unpaired) electrons. The van der Waals surface area contributed by atoms with Crippen molar-refractivity contribution in [3.8, 4) is 0 Å². The van der Waals surface area contributed by atoms with Crippen molar-refractivity contribution >= 4 is 6.03 Å². The van der Waals surface area contributed by atoms with E-state index in [9.17, 15) is 4.79 Å². The second-order valence-corrected chi connectivity index (χ2v) is 3.27. The maximum Gasteiger partial charge on any atom is 0.326 e. The third-order valence-corrected chi connectivity index (χ3v) is 2.12. The molecule has 0 fully saturated rings. The first-order chi connectivity index (χ1) is 7.86. The van der Waals surface area contributed by atoms with Crippen LogP contribution in [0.2, 0.25) is 0 Å². The number of hydrogen-bond donors (Lipinski definition) is 1. The van der Waals surface area contributed by atoms with Gasteiger partial charge in [-0.1, -0.05) is 6.07 Å². The number of imidazole rings is 1. The van der Waals surface area contributed by atoms with Crippen LogP contribution < -0.4 is 5.32 Å². The lowest BCUT2D eigenvalue weighted by molar-refractivity contribution is 0.242. The van der Waals surface area contributed by atoms with Gasteiger partial charge in [0.15, 0.2) is 0 Å². The molecule has 0 aromatic carbocycles. The standard InChI is InChI=1S/C11H12N4O/c16-11(15-8-7-12-9-15)14-6-4-10-3-1-2-5-13-10/h1-3,5,7-9H,4,6H2,(H,14,16). The number of aromatic nitrogens is 3. The number of carbonyl (C=O) groups excluding carboxylic acids is 1. The van der Waals surface area contributed by atoms with E-state index in [1.54, 1.807) is 18.6 Å². The summed E-state index contributed by atoms with van der Waals surface area (Å²) in [7, 11) is 0. The molecule has 0 atom stereocenters. The molecule has 0 saturated heterocycles. The highest BCUT2D eigenvalue weighted by atomic mass is 16.2. The summed E-state index contributed by atoms with van der Waals surface area (Å²) in [5.41, 5.74) is 0.966. The second-order valence-electron chi connectivity index (χ2n) is 3.27. The van der Waals surface area contributed by atoms with Crippen molar-refractivity contribution in [1.29, 1.82) is 0 Å². The zero-order valence-corrected chi connectivity index (χ0v) is 8.71. The summed E-state index contributed by atoms with van der Waals surface area (Å²) in [5.74, 6) is 0. The fourth-order valence-corrected chi connectivity index (χ4v) is 1.31. The molecule has 2 heterocycles. The van der Waals surface area contributed by atoms with Gasteiger partial charge in [-0.15, -0.1) is 0 Å². The Hall–Kier alpha value is -2.17. The maximum atomic E-state index is 11.5. The van der Waals surface area contributed by atoms with Gasteiger partial charge in [-0.25, -0.2) is 9.78 Å². The van der Waals surface area contributed by atoms with Gasteiger partial charge in [0.25, 0.3) is 0 Å². The highest BCUT2D eigenvalue weighted by Crippen LogP contribution is 1.93. The van der Waals surface area contributed by atoms with Crippen molar-refractivity contribution in [1.82, 2.24) is 19.9 Å². The minimum atomic E-state index is -0.173. The van der Waals surface area contributed by atoms with Crippen LogP contribution in [0, 0.1) is 0 Å². The van der Waals surface area contributed by atoms with Gasteiger partial charge >= 0.3 is 6.03 Å². The molecule has 1 amide bonds. The Bertz CT molecular complexity index is 438. The average Bonchev–Trinajstić information content (AvgIpc) is 2.84. The molecule has 0 unspecified atom stereocenters. The molecule has 2 rings (SSSR count). The predicted molar refractivity (Wildman–Crippen MR) is 59.0 cm³/mol. The van der Waals surface area contributed by atoms with Crippen molar-refractivity contribution in [2.24, 2.45) is 0 Å². The lowest BCUT2D eigenvalue weighted by Crippen LogP contribution is -2.29. The van der Waals surface area contributed by atoms with E-state index >= 15 is 0 Å². The van der Waals surface area contributed by atoms with Gasteiger partial charge in [0.1, 0.15) is 6.33 Å². The van der Waals surface area contributed by atoms with Crippen LogP contribution in [0.4, 0.5) is 4.79 Å². The van der Waals surface area contributed by atoms with E-state index in [-0.39, 0.29) is 6.03 Å². The lowest BCUT2D eigenvalue weighted by atomic mass is 10.3.